The Bertz CT molecular complexity index is 892. The van der Waals surface area contributed by atoms with Crippen molar-refractivity contribution in [2.45, 2.75) is 25.1 Å². The molecule has 156 valence electrons. The number of benzene rings is 1. The SMILES string of the molecule is CN1CCC(N(C)C(=O)c2csc(NC(=O)c3cccc(C(F)(F)F)c3)n2)CC1. The van der Waals surface area contributed by atoms with Crippen molar-refractivity contribution in [3.05, 3.63) is 46.5 Å². The molecular weight excluding hydrogens is 405 g/mol. The van der Waals surface area contributed by atoms with E-state index >= 15 is 0 Å². The predicted octanol–water partition coefficient (Wildman–Crippen LogP) is 3.58. The van der Waals surface area contributed by atoms with Gasteiger partial charge in [0.2, 0.25) is 0 Å². The van der Waals surface area contributed by atoms with Gasteiger partial charge < -0.3 is 9.80 Å². The van der Waals surface area contributed by atoms with Crippen LogP contribution in [0.1, 0.15) is 39.3 Å². The molecule has 0 unspecified atom stereocenters. The lowest BCUT2D eigenvalue weighted by atomic mass is 10.0. The van der Waals surface area contributed by atoms with Gasteiger partial charge in [-0.15, -0.1) is 11.3 Å². The summed E-state index contributed by atoms with van der Waals surface area (Å²) in [5.41, 5.74) is -0.831. The highest BCUT2D eigenvalue weighted by Crippen LogP contribution is 2.30. The fourth-order valence-electron chi connectivity index (χ4n) is 3.16. The van der Waals surface area contributed by atoms with Gasteiger partial charge in [-0.05, 0) is 51.2 Å². The van der Waals surface area contributed by atoms with E-state index in [1.807, 2.05) is 7.05 Å². The second-order valence-corrected chi connectivity index (χ2v) is 7.88. The van der Waals surface area contributed by atoms with E-state index in [2.05, 4.69) is 15.2 Å². The Hall–Kier alpha value is -2.46. The molecule has 1 aromatic carbocycles. The van der Waals surface area contributed by atoms with Gasteiger partial charge in [-0.2, -0.15) is 13.2 Å². The van der Waals surface area contributed by atoms with Crippen molar-refractivity contribution in [1.82, 2.24) is 14.8 Å². The highest BCUT2D eigenvalue weighted by atomic mass is 32.1. The Labute approximate surface area is 170 Å². The van der Waals surface area contributed by atoms with E-state index in [1.165, 1.54) is 17.5 Å². The van der Waals surface area contributed by atoms with Gasteiger partial charge in [-0.3, -0.25) is 14.9 Å². The maximum absolute atomic E-state index is 12.8. The largest absolute Gasteiger partial charge is 0.416 e. The summed E-state index contributed by atoms with van der Waals surface area (Å²) in [6.45, 7) is 1.83. The van der Waals surface area contributed by atoms with Crippen LogP contribution in [-0.2, 0) is 6.18 Å². The van der Waals surface area contributed by atoms with E-state index in [1.54, 1.807) is 11.9 Å². The number of nitrogens with one attached hydrogen (secondary N) is 1. The lowest BCUT2D eigenvalue weighted by molar-refractivity contribution is -0.137. The molecule has 1 fully saturated rings. The van der Waals surface area contributed by atoms with Crippen LogP contribution in [0.5, 0.6) is 0 Å². The number of piperidine rings is 1. The van der Waals surface area contributed by atoms with E-state index < -0.39 is 17.6 Å². The molecule has 0 bridgehead atoms. The minimum absolute atomic E-state index is 0.128. The molecule has 1 aromatic heterocycles. The van der Waals surface area contributed by atoms with Crippen LogP contribution in [0.15, 0.2) is 29.6 Å². The maximum atomic E-state index is 12.8. The van der Waals surface area contributed by atoms with Crippen LogP contribution in [0.25, 0.3) is 0 Å². The maximum Gasteiger partial charge on any atom is 0.416 e. The first-order valence-corrected chi connectivity index (χ1v) is 9.93. The fraction of sp³-hybridized carbons (Fsp3) is 0.421. The first kappa shape index (κ1) is 21.3. The Morgan fingerprint density at radius 2 is 1.97 bits per heavy atom. The van der Waals surface area contributed by atoms with Crippen LogP contribution in [0.3, 0.4) is 0 Å². The molecule has 1 aliphatic rings. The van der Waals surface area contributed by atoms with E-state index in [-0.39, 0.29) is 28.3 Å². The van der Waals surface area contributed by atoms with E-state index in [9.17, 15) is 22.8 Å². The third kappa shape index (κ3) is 5.13. The van der Waals surface area contributed by atoms with Crippen molar-refractivity contribution in [3.63, 3.8) is 0 Å². The quantitative estimate of drug-likeness (QED) is 0.812. The van der Waals surface area contributed by atoms with E-state index in [0.29, 0.717) is 0 Å². The molecule has 1 N–H and O–H groups in total. The molecule has 0 atom stereocenters. The Kier molecular flexibility index (Phi) is 6.23. The Balaban J connectivity index is 1.65. The normalized spacial score (nSPS) is 15.9. The zero-order valence-corrected chi connectivity index (χ0v) is 16.8. The van der Waals surface area contributed by atoms with Gasteiger partial charge in [0.25, 0.3) is 11.8 Å². The number of amides is 2. The highest BCUT2D eigenvalue weighted by Gasteiger charge is 2.31. The van der Waals surface area contributed by atoms with Crippen LogP contribution in [0.2, 0.25) is 0 Å². The molecule has 2 aromatic rings. The molecule has 2 heterocycles. The molecule has 1 saturated heterocycles. The highest BCUT2D eigenvalue weighted by molar-refractivity contribution is 7.14. The average Bonchev–Trinajstić information content (AvgIpc) is 3.15. The zero-order chi connectivity index (χ0) is 21.2. The van der Waals surface area contributed by atoms with Crippen molar-refractivity contribution >= 4 is 28.3 Å². The van der Waals surface area contributed by atoms with Gasteiger partial charge in [0.1, 0.15) is 5.69 Å². The molecule has 2 amide bonds. The van der Waals surface area contributed by atoms with Crippen molar-refractivity contribution in [3.8, 4) is 0 Å². The molecule has 0 spiro atoms. The zero-order valence-electron chi connectivity index (χ0n) is 16.0. The number of carbonyl (C=O) groups is 2. The molecule has 29 heavy (non-hydrogen) atoms. The molecule has 3 rings (SSSR count). The van der Waals surface area contributed by atoms with Gasteiger partial charge in [-0.1, -0.05) is 6.07 Å². The molecule has 0 aliphatic carbocycles. The number of anilines is 1. The van der Waals surface area contributed by atoms with Crippen LogP contribution >= 0.6 is 11.3 Å². The van der Waals surface area contributed by atoms with Gasteiger partial charge in [0.05, 0.1) is 5.56 Å². The summed E-state index contributed by atoms with van der Waals surface area (Å²) in [5, 5.41) is 4.16. The summed E-state index contributed by atoms with van der Waals surface area (Å²) in [6.07, 6.45) is -2.78. The van der Waals surface area contributed by atoms with Crippen molar-refractivity contribution in [2.75, 3.05) is 32.5 Å². The number of alkyl halides is 3. The number of rotatable bonds is 4. The lowest BCUT2D eigenvalue weighted by Crippen LogP contribution is -2.44. The molecule has 1 aliphatic heterocycles. The van der Waals surface area contributed by atoms with E-state index in [0.717, 1.165) is 49.4 Å². The van der Waals surface area contributed by atoms with Gasteiger partial charge in [-0.25, -0.2) is 4.98 Å². The minimum Gasteiger partial charge on any atom is -0.337 e. The number of hydrogen-bond donors (Lipinski definition) is 1. The summed E-state index contributed by atoms with van der Waals surface area (Å²) >= 11 is 1.05. The topological polar surface area (TPSA) is 65.5 Å². The Morgan fingerprint density at radius 3 is 2.62 bits per heavy atom. The number of hydrogen-bond acceptors (Lipinski definition) is 5. The summed E-state index contributed by atoms with van der Waals surface area (Å²) in [7, 11) is 3.77. The van der Waals surface area contributed by atoms with Gasteiger partial charge >= 0.3 is 6.18 Å². The third-order valence-corrected chi connectivity index (χ3v) is 5.71. The van der Waals surface area contributed by atoms with Crippen LogP contribution in [0.4, 0.5) is 18.3 Å². The lowest BCUT2D eigenvalue weighted by Gasteiger charge is -2.34. The van der Waals surface area contributed by atoms with Crippen LogP contribution in [0, 0.1) is 0 Å². The first-order valence-electron chi connectivity index (χ1n) is 9.05. The van der Waals surface area contributed by atoms with Crippen molar-refractivity contribution in [1.29, 1.82) is 0 Å². The smallest absolute Gasteiger partial charge is 0.337 e. The summed E-state index contributed by atoms with van der Waals surface area (Å²) < 4.78 is 38.4. The number of carbonyl (C=O) groups excluding carboxylic acids is 2. The summed E-state index contributed by atoms with van der Waals surface area (Å²) in [6, 6.07) is 4.27. The third-order valence-electron chi connectivity index (χ3n) is 4.95. The number of thiazole rings is 1. The first-order chi connectivity index (χ1) is 13.6. The Morgan fingerprint density at radius 1 is 1.28 bits per heavy atom. The summed E-state index contributed by atoms with van der Waals surface area (Å²) in [5.74, 6) is -0.955. The van der Waals surface area contributed by atoms with E-state index in [4.69, 9.17) is 0 Å². The molecule has 6 nitrogen and oxygen atoms in total. The number of aromatic nitrogens is 1. The number of nitrogens with zero attached hydrogens (tertiary/aromatic N) is 3. The second kappa shape index (κ2) is 8.50. The molecule has 10 heteroatoms. The average molecular weight is 426 g/mol. The van der Waals surface area contributed by atoms with Crippen molar-refractivity contribution in [2.24, 2.45) is 0 Å². The monoisotopic (exact) mass is 426 g/mol. The molecule has 0 saturated carbocycles. The minimum atomic E-state index is -4.53. The van der Waals surface area contributed by atoms with Gasteiger partial charge in [0, 0.05) is 24.0 Å². The molecular formula is C19H21F3N4O2S. The molecule has 0 radical (unpaired) electrons. The number of halogens is 3. The fourth-order valence-corrected chi connectivity index (χ4v) is 3.84. The standard InChI is InChI=1S/C19H21F3N4O2S/c1-25-8-6-14(7-9-25)26(2)17(28)15-11-29-18(23-15)24-16(27)12-4-3-5-13(10-12)19(20,21)22/h3-5,10-11,14H,6-9H2,1-2H3,(H,23,24,27). The van der Waals surface area contributed by atoms with Crippen LogP contribution < -0.4 is 5.32 Å². The second-order valence-electron chi connectivity index (χ2n) is 7.02. The predicted molar refractivity (Wildman–Crippen MR) is 104 cm³/mol. The van der Waals surface area contributed by atoms with Crippen LogP contribution in [-0.4, -0.2) is 59.8 Å². The summed E-state index contributed by atoms with van der Waals surface area (Å²) in [4.78, 5) is 33.0. The van der Waals surface area contributed by atoms with Crippen molar-refractivity contribution < 1.29 is 22.8 Å². The number of likely N-dealkylation sites (tertiary alicyclic amines) is 1. The van der Waals surface area contributed by atoms with Gasteiger partial charge in [0.15, 0.2) is 5.13 Å².